The van der Waals surface area contributed by atoms with Crippen LogP contribution in [0.5, 0.6) is 0 Å². The van der Waals surface area contributed by atoms with Crippen molar-refractivity contribution >= 4 is 9.93 Å². The lowest BCUT2D eigenvalue weighted by atomic mass is 10.00. The van der Waals surface area contributed by atoms with Crippen molar-refractivity contribution in [3.05, 3.63) is 24.6 Å². The Morgan fingerprint density at radius 1 is 1.50 bits per heavy atom. The van der Waals surface area contributed by atoms with Crippen molar-refractivity contribution in [3.8, 4) is 0 Å². The largest absolute Gasteiger partial charge is 0.324 e. The van der Waals surface area contributed by atoms with Crippen molar-refractivity contribution in [3.63, 3.8) is 0 Å². The van der Waals surface area contributed by atoms with E-state index in [1.54, 1.807) is 12.3 Å². The van der Waals surface area contributed by atoms with Crippen molar-refractivity contribution in [2.75, 3.05) is 12.9 Å². The van der Waals surface area contributed by atoms with Gasteiger partial charge in [-0.15, -0.1) is 6.58 Å². The van der Waals surface area contributed by atoms with E-state index in [0.717, 1.165) is 6.42 Å². The summed E-state index contributed by atoms with van der Waals surface area (Å²) in [6.07, 6.45) is 5.55. The highest BCUT2D eigenvalue weighted by Gasteiger charge is 2.58. The highest BCUT2D eigenvalue weighted by molar-refractivity contribution is 8.05. The quantitative estimate of drug-likeness (QED) is 0.594. The van der Waals surface area contributed by atoms with Gasteiger partial charge in [0.25, 0.3) is 5.97 Å². The molecular weight excluding hydrogens is 252 g/mol. The first kappa shape index (κ1) is 13.9. The van der Waals surface area contributed by atoms with Crippen LogP contribution in [0.4, 0.5) is 0 Å². The van der Waals surface area contributed by atoms with E-state index in [1.807, 2.05) is 6.92 Å². The van der Waals surface area contributed by atoms with Gasteiger partial charge in [-0.2, -0.15) is 0 Å². The fraction of sp³-hybridized carbons (Fsp3) is 0.692. The van der Waals surface area contributed by atoms with E-state index in [9.17, 15) is 4.21 Å². The third-order valence-electron chi connectivity index (χ3n) is 3.72. The molecule has 0 aromatic heterocycles. The van der Waals surface area contributed by atoms with Crippen LogP contribution in [0.15, 0.2) is 24.6 Å². The van der Waals surface area contributed by atoms with Crippen LogP contribution in [0.25, 0.3) is 0 Å². The highest BCUT2D eigenvalue weighted by atomic mass is 32.2. The van der Waals surface area contributed by atoms with E-state index in [0.29, 0.717) is 19.4 Å². The Kier molecular flexibility index (Phi) is 3.53. The topological polar surface area (TPSA) is 44.8 Å². The summed E-state index contributed by atoms with van der Waals surface area (Å²) in [5, 5.41) is 1.49. The van der Waals surface area contributed by atoms with Crippen molar-refractivity contribution < 1.29 is 18.4 Å². The molecule has 0 spiro atoms. The second-order valence-corrected chi connectivity index (χ2v) is 8.12. The van der Waals surface area contributed by atoms with Gasteiger partial charge in [0, 0.05) is 6.42 Å². The molecule has 2 aliphatic rings. The maximum Gasteiger partial charge on any atom is 0.285 e. The Morgan fingerprint density at radius 2 is 2.22 bits per heavy atom. The normalized spacial score (nSPS) is 37.4. The van der Waals surface area contributed by atoms with E-state index < -0.39 is 26.9 Å². The van der Waals surface area contributed by atoms with Gasteiger partial charge in [0.05, 0.1) is 6.61 Å². The maximum atomic E-state index is 12.3. The molecule has 0 N–H and O–H groups in total. The van der Waals surface area contributed by atoms with E-state index in [2.05, 4.69) is 13.2 Å². The minimum absolute atomic E-state index is 0.409. The Hall–Kier alpha value is -0.490. The lowest BCUT2D eigenvalue weighted by Crippen LogP contribution is -2.40. The summed E-state index contributed by atoms with van der Waals surface area (Å²) < 4.78 is 29.7. The van der Waals surface area contributed by atoms with E-state index in [1.165, 1.54) is 5.41 Å². The Balaban J connectivity index is 2.13. The Labute approximate surface area is 109 Å². The van der Waals surface area contributed by atoms with Gasteiger partial charge < -0.3 is 14.2 Å². The maximum absolute atomic E-state index is 12.3. The van der Waals surface area contributed by atoms with Gasteiger partial charge in [-0.1, -0.05) is 29.5 Å². The van der Waals surface area contributed by atoms with Crippen molar-refractivity contribution in [1.29, 1.82) is 0 Å². The molecule has 2 heterocycles. The second-order valence-electron chi connectivity index (χ2n) is 5.06. The van der Waals surface area contributed by atoms with Gasteiger partial charge in [0.15, 0.2) is 0 Å². The summed E-state index contributed by atoms with van der Waals surface area (Å²) in [7, 11) is -2.55. The first-order valence-electron chi connectivity index (χ1n) is 6.27. The summed E-state index contributed by atoms with van der Waals surface area (Å²) in [4.78, 5) is 0. The first-order valence-corrected chi connectivity index (χ1v) is 8.56. The summed E-state index contributed by atoms with van der Waals surface area (Å²) in [5.74, 6) is -1.04. The number of ether oxygens (including phenoxy) is 3. The van der Waals surface area contributed by atoms with Crippen LogP contribution in [0.3, 0.4) is 0 Å². The molecule has 2 saturated heterocycles. The van der Waals surface area contributed by atoms with Gasteiger partial charge >= 0.3 is 0 Å². The highest BCUT2D eigenvalue weighted by Crippen LogP contribution is 2.48. The molecule has 2 bridgehead atoms. The van der Waals surface area contributed by atoms with Gasteiger partial charge in [-0.25, -0.2) is 0 Å². The van der Waals surface area contributed by atoms with E-state index in [-0.39, 0.29) is 0 Å². The van der Waals surface area contributed by atoms with Gasteiger partial charge in [-0.05, 0) is 24.5 Å². The summed E-state index contributed by atoms with van der Waals surface area (Å²) in [6.45, 7) is 9.79. The average Bonchev–Trinajstić information content (AvgIpc) is 2.92. The van der Waals surface area contributed by atoms with Gasteiger partial charge in [0.1, 0.15) is 11.0 Å². The molecule has 3 unspecified atom stereocenters. The molecule has 4 nitrogen and oxygen atoms in total. The summed E-state index contributed by atoms with van der Waals surface area (Å²) >= 11 is 0. The standard InChI is InChI=1S/C13H22O4S/c1-5-11(18(4,14)7-3)16-13-9-8-12(6-2,17-13)10-15-13/h6-7,11,18H,2-3,5,8-10H2,1,4H3. The zero-order valence-electron chi connectivity index (χ0n) is 11.1. The molecule has 0 saturated carbocycles. The second kappa shape index (κ2) is 4.56. The fourth-order valence-corrected chi connectivity index (χ4v) is 3.74. The lowest BCUT2D eigenvalue weighted by molar-refractivity contribution is -0.330. The molecule has 0 radical (unpaired) electrons. The van der Waals surface area contributed by atoms with Crippen molar-refractivity contribution in [1.82, 2.24) is 0 Å². The Morgan fingerprint density at radius 3 is 2.61 bits per heavy atom. The van der Waals surface area contributed by atoms with Crippen LogP contribution >= 0.6 is 0 Å². The van der Waals surface area contributed by atoms with Gasteiger partial charge in [-0.3, -0.25) is 4.21 Å². The fourth-order valence-electron chi connectivity index (χ4n) is 2.41. The zero-order chi connectivity index (χ0) is 13.4. The van der Waals surface area contributed by atoms with Gasteiger partial charge in [0.2, 0.25) is 0 Å². The van der Waals surface area contributed by atoms with Crippen molar-refractivity contribution in [2.45, 2.75) is 43.2 Å². The van der Waals surface area contributed by atoms with Crippen LogP contribution in [-0.2, 0) is 24.1 Å². The predicted molar refractivity (Wildman–Crippen MR) is 72.8 cm³/mol. The molecule has 2 rings (SSSR count). The third-order valence-corrected chi connectivity index (χ3v) is 6.06. The smallest absolute Gasteiger partial charge is 0.285 e. The molecule has 2 aliphatic heterocycles. The molecule has 5 heteroatoms. The molecule has 0 aromatic rings. The lowest BCUT2D eigenvalue weighted by Gasteiger charge is -2.33. The van der Waals surface area contributed by atoms with Crippen LogP contribution in [-0.4, -0.2) is 34.1 Å². The molecule has 104 valence electrons. The predicted octanol–water partition coefficient (Wildman–Crippen LogP) is 1.95. The number of hydrogen-bond acceptors (Lipinski definition) is 4. The van der Waals surface area contributed by atoms with Crippen LogP contribution in [0.1, 0.15) is 26.2 Å². The molecule has 0 aliphatic carbocycles. The minimum atomic E-state index is -2.55. The average molecular weight is 274 g/mol. The van der Waals surface area contributed by atoms with E-state index in [4.69, 9.17) is 14.2 Å². The monoisotopic (exact) mass is 274 g/mol. The molecule has 0 amide bonds. The SMILES string of the molecule is C=CC12CCC(OC(CC)[SH](C)(=O)C=C)(OC1)O2. The van der Waals surface area contributed by atoms with E-state index >= 15 is 0 Å². The zero-order valence-corrected chi connectivity index (χ0v) is 11.9. The van der Waals surface area contributed by atoms with Crippen LogP contribution < -0.4 is 0 Å². The summed E-state index contributed by atoms with van der Waals surface area (Å²) in [6, 6.07) is 0. The molecule has 3 atom stereocenters. The molecule has 2 fully saturated rings. The first-order chi connectivity index (χ1) is 8.41. The number of hydrogen-bond donors (Lipinski definition) is 1. The van der Waals surface area contributed by atoms with Crippen LogP contribution in [0.2, 0.25) is 0 Å². The number of rotatable bonds is 6. The third kappa shape index (κ3) is 2.20. The Bertz CT molecular complexity index is 396. The molecule has 0 aromatic carbocycles. The number of fused-ring (bicyclic) bond motifs is 2. The molecular formula is C13H22O4S. The number of thiol groups is 1. The minimum Gasteiger partial charge on any atom is -0.324 e. The summed E-state index contributed by atoms with van der Waals surface area (Å²) in [5.41, 5.74) is -0.835. The van der Waals surface area contributed by atoms with Crippen LogP contribution in [0, 0.1) is 0 Å². The molecule has 18 heavy (non-hydrogen) atoms. The van der Waals surface area contributed by atoms with Crippen molar-refractivity contribution in [2.24, 2.45) is 0 Å².